The monoisotopic (exact) mass is 349 g/mol. The van der Waals surface area contributed by atoms with Gasteiger partial charge in [-0.25, -0.2) is 4.98 Å². The molecule has 0 aliphatic heterocycles. The Kier molecular flexibility index (Phi) is 4.08. The molecule has 1 aromatic carbocycles. The summed E-state index contributed by atoms with van der Waals surface area (Å²) in [6, 6.07) is 11.8. The molecule has 0 spiro atoms. The molecule has 3 aromatic heterocycles. The quantitative estimate of drug-likeness (QED) is 0.551. The molecule has 3 heterocycles. The first-order chi connectivity index (χ1) is 12.6. The fourth-order valence-electron chi connectivity index (χ4n) is 2.71. The molecule has 0 fully saturated rings. The fraction of sp³-hybridized carbons (Fsp3) is 0.278. The normalized spacial score (nSPS) is 11.4. The van der Waals surface area contributed by atoms with Crippen LogP contribution in [0.15, 0.2) is 42.7 Å². The third-order valence-corrected chi connectivity index (χ3v) is 4.18. The van der Waals surface area contributed by atoms with Gasteiger partial charge in [0.1, 0.15) is 12.9 Å². The Balaban J connectivity index is 1.77. The van der Waals surface area contributed by atoms with Crippen molar-refractivity contribution in [3.63, 3.8) is 0 Å². The van der Waals surface area contributed by atoms with Gasteiger partial charge in [-0.05, 0) is 12.0 Å². The largest absolute Gasteiger partial charge is 0.468 e. The fourth-order valence-corrected chi connectivity index (χ4v) is 2.71. The Hall–Kier alpha value is -3.29. The summed E-state index contributed by atoms with van der Waals surface area (Å²) in [5.74, 6) is 2.19. The van der Waals surface area contributed by atoms with E-state index in [2.05, 4.69) is 39.2 Å². The van der Waals surface area contributed by atoms with E-state index >= 15 is 0 Å². The van der Waals surface area contributed by atoms with Crippen LogP contribution in [0.4, 0.5) is 0 Å². The van der Waals surface area contributed by atoms with E-state index < -0.39 is 0 Å². The number of aromatic nitrogens is 7. The second-order valence-electron chi connectivity index (χ2n) is 6.31. The Labute approximate surface area is 150 Å². The highest BCUT2D eigenvalue weighted by molar-refractivity contribution is 5.59. The molecule has 4 aromatic rings. The van der Waals surface area contributed by atoms with E-state index in [9.17, 15) is 0 Å². The van der Waals surface area contributed by atoms with Crippen LogP contribution in [-0.2, 0) is 13.7 Å². The van der Waals surface area contributed by atoms with Gasteiger partial charge in [0, 0.05) is 18.2 Å². The molecule has 4 rings (SSSR count). The number of hydrogen-bond acceptors (Lipinski definition) is 6. The smallest absolute Gasteiger partial charge is 0.235 e. The van der Waals surface area contributed by atoms with Gasteiger partial charge < -0.3 is 4.74 Å². The first-order valence-electron chi connectivity index (χ1n) is 8.41. The summed E-state index contributed by atoms with van der Waals surface area (Å²) in [4.78, 5) is 4.19. The molecule has 0 aliphatic carbocycles. The Morgan fingerprint density at radius 2 is 1.92 bits per heavy atom. The summed E-state index contributed by atoms with van der Waals surface area (Å²) >= 11 is 0. The van der Waals surface area contributed by atoms with Crippen LogP contribution in [0.25, 0.3) is 17.0 Å². The highest BCUT2D eigenvalue weighted by atomic mass is 16.5. The van der Waals surface area contributed by atoms with Gasteiger partial charge in [-0.2, -0.15) is 9.61 Å². The van der Waals surface area contributed by atoms with Crippen molar-refractivity contribution in [1.29, 1.82) is 0 Å². The molecule has 0 aliphatic rings. The van der Waals surface area contributed by atoms with Crippen LogP contribution >= 0.6 is 0 Å². The summed E-state index contributed by atoms with van der Waals surface area (Å²) in [5, 5.41) is 17.3. The van der Waals surface area contributed by atoms with E-state index in [1.54, 1.807) is 9.20 Å². The van der Waals surface area contributed by atoms with Gasteiger partial charge >= 0.3 is 0 Å². The van der Waals surface area contributed by atoms with Crippen molar-refractivity contribution in [2.75, 3.05) is 0 Å². The maximum absolute atomic E-state index is 5.98. The number of rotatable bonds is 5. The van der Waals surface area contributed by atoms with E-state index in [4.69, 9.17) is 4.74 Å². The molecule has 0 unspecified atom stereocenters. The number of hydrogen-bond donors (Lipinski definition) is 0. The molecular weight excluding hydrogens is 330 g/mol. The number of benzene rings is 1. The second kappa shape index (κ2) is 6.55. The van der Waals surface area contributed by atoms with Crippen LogP contribution in [0.3, 0.4) is 0 Å². The lowest BCUT2D eigenvalue weighted by atomic mass is 10.1. The van der Waals surface area contributed by atoms with Crippen LogP contribution in [0.1, 0.15) is 31.2 Å². The van der Waals surface area contributed by atoms with E-state index in [0.29, 0.717) is 17.4 Å². The van der Waals surface area contributed by atoms with Crippen LogP contribution in [0, 0.1) is 0 Å². The van der Waals surface area contributed by atoms with Crippen molar-refractivity contribution in [2.45, 2.75) is 26.4 Å². The minimum Gasteiger partial charge on any atom is -0.468 e. The lowest BCUT2D eigenvalue weighted by molar-refractivity contribution is 0.270. The summed E-state index contributed by atoms with van der Waals surface area (Å²) in [6.07, 6.45) is 1.51. The van der Waals surface area contributed by atoms with E-state index in [1.165, 1.54) is 6.33 Å². The summed E-state index contributed by atoms with van der Waals surface area (Å²) in [5.41, 5.74) is 2.62. The van der Waals surface area contributed by atoms with E-state index in [-0.39, 0.29) is 12.5 Å². The zero-order valence-electron chi connectivity index (χ0n) is 14.9. The number of nitrogens with zero attached hydrogens (tertiary/aromatic N) is 7. The zero-order chi connectivity index (χ0) is 18.1. The second-order valence-corrected chi connectivity index (χ2v) is 6.31. The van der Waals surface area contributed by atoms with Gasteiger partial charge in [-0.3, -0.25) is 4.68 Å². The third kappa shape index (κ3) is 2.90. The highest BCUT2D eigenvalue weighted by Gasteiger charge is 2.17. The minimum atomic E-state index is 0.235. The molecule has 132 valence electrons. The molecule has 0 N–H and O–H groups in total. The molecule has 0 bridgehead atoms. The van der Waals surface area contributed by atoms with E-state index in [0.717, 1.165) is 17.0 Å². The zero-order valence-corrected chi connectivity index (χ0v) is 14.9. The molecule has 26 heavy (non-hydrogen) atoms. The van der Waals surface area contributed by atoms with Gasteiger partial charge in [-0.1, -0.05) is 44.2 Å². The SMILES string of the molecule is CC(C)c1cc2nnc(-c3ccccc3)n2nc1OCc1ncnn1C. The average molecular weight is 349 g/mol. The van der Waals surface area contributed by atoms with Crippen molar-refractivity contribution in [3.05, 3.63) is 54.1 Å². The van der Waals surface area contributed by atoms with Gasteiger partial charge in [0.05, 0.1) is 0 Å². The molecular formula is C18H19N7O. The first-order valence-corrected chi connectivity index (χ1v) is 8.41. The molecule has 8 heteroatoms. The predicted molar refractivity (Wildman–Crippen MR) is 95.6 cm³/mol. The lowest BCUT2D eigenvalue weighted by Crippen LogP contribution is -2.09. The van der Waals surface area contributed by atoms with Crippen LogP contribution in [0.5, 0.6) is 5.88 Å². The molecule has 0 atom stereocenters. The molecule has 0 amide bonds. The van der Waals surface area contributed by atoms with Gasteiger partial charge in [0.15, 0.2) is 17.3 Å². The standard InChI is InChI=1S/C18H19N7O/c1-12(2)14-9-15-21-22-17(13-7-5-4-6-8-13)25(15)23-18(14)26-10-16-19-11-20-24(16)3/h4-9,11-12H,10H2,1-3H3. The van der Waals surface area contributed by atoms with Crippen molar-refractivity contribution in [3.8, 4) is 17.3 Å². The molecule has 8 nitrogen and oxygen atoms in total. The molecule has 0 radical (unpaired) electrons. The minimum absolute atomic E-state index is 0.235. The van der Waals surface area contributed by atoms with Crippen LogP contribution in [-0.4, -0.2) is 34.6 Å². The summed E-state index contributed by atoms with van der Waals surface area (Å²) in [6.45, 7) is 4.48. The average Bonchev–Trinajstić information content (AvgIpc) is 3.25. The van der Waals surface area contributed by atoms with Gasteiger partial charge in [0.25, 0.3) is 0 Å². The maximum atomic E-state index is 5.98. The summed E-state index contributed by atoms with van der Waals surface area (Å²) < 4.78 is 9.38. The summed E-state index contributed by atoms with van der Waals surface area (Å²) in [7, 11) is 1.83. The lowest BCUT2D eigenvalue weighted by Gasteiger charge is -2.13. The van der Waals surface area contributed by atoms with Crippen molar-refractivity contribution >= 4 is 5.65 Å². The molecule has 0 saturated carbocycles. The van der Waals surface area contributed by atoms with Crippen molar-refractivity contribution in [1.82, 2.24) is 34.6 Å². The predicted octanol–water partition coefficient (Wildman–Crippen LogP) is 2.62. The number of aryl methyl sites for hydroxylation is 1. The van der Waals surface area contributed by atoms with Crippen molar-refractivity contribution < 1.29 is 4.74 Å². The topological polar surface area (TPSA) is 83.0 Å². The Morgan fingerprint density at radius 3 is 2.62 bits per heavy atom. The first kappa shape index (κ1) is 16.2. The van der Waals surface area contributed by atoms with Crippen LogP contribution < -0.4 is 4.74 Å². The Bertz CT molecular complexity index is 1040. The van der Waals surface area contributed by atoms with Crippen LogP contribution in [0.2, 0.25) is 0 Å². The van der Waals surface area contributed by atoms with Gasteiger partial charge in [-0.15, -0.1) is 15.3 Å². The highest BCUT2D eigenvalue weighted by Crippen LogP contribution is 2.27. The van der Waals surface area contributed by atoms with Gasteiger partial charge in [0.2, 0.25) is 5.88 Å². The van der Waals surface area contributed by atoms with E-state index in [1.807, 2.05) is 43.4 Å². The maximum Gasteiger partial charge on any atom is 0.235 e. The Morgan fingerprint density at radius 1 is 1.12 bits per heavy atom. The third-order valence-electron chi connectivity index (χ3n) is 4.18. The molecule has 0 saturated heterocycles. The number of fused-ring (bicyclic) bond motifs is 1. The van der Waals surface area contributed by atoms with Crippen molar-refractivity contribution in [2.24, 2.45) is 7.05 Å². The number of ether oxygens (including phenoxy) is 1.